The van der Waals surface area contributed by atoms with Crippen molar-refractivity contribution in [1.29, 1.82) is 0 Å². The van der Waals surface area contributed by atoms with Crippen LogP contribution in [0, 0.1) is 5.41 Å². The fourth-order valence-corrected chi connectivity index (χ4v) is 2.01. The van der Waals surface area contributed by atoms with Gasteiger partial charge < -0.3 is 10.4 Å². The molecule has 1 aromatic rings. The zero-order valence-electron chi connectivity index (χ0n) is 10.9. The van der Waals surface area contributed by atoms with Crippen molar-refractivity contribution < 1.29 is 9.90 Å². The van der Waals surface area contributed by atoms with E-state index in [2.05, 4.69) is 22.3 Å². The molecule has 1 aliphatic rings. The van der Waals surface area contributed by atoms with Crippen molar-refractivity contribution >= 4 is 5.91 Å². The normalized spacial score (nSPS) is 18.4. The maximum Gasteiger partial charge on any atom is 0.229 e. The highest BCUT2D eigenvalue weighted by atomic mass is 16.3. The van der Waals surface area contributed by atoms with Crippen LogP contribution in [0.4, 0.5) is 0 Å². The Morgan fingerprint density at radius 2 is 2.39 bits per heavy atom. The molecule has 1 aliphatic carbocycles. The van der Waals surface area contributed by atoms with Crippen LogP contribution in [0.25, 0.3) is 0 Å². The van der Waals surface area contributed by atoms with Gasteiger partial charge in [0.2, 0.25) is 5.91 Å². The van der Waals surface area contributed by atoms with Gasteiger partial charge in [0.05, 0.1) is 18.1 Å². The minimum Gasteiger partial charge on any atom is -0.395 e. The van der Waals surface area contributed by atoms with E-state index in [0.717, 1.165) is 31.6 Å². The average molecular weight is 252 g/mol. The number of aliphatic hydroxyl groups excluding tert-OH is 1. The van der Waals surface area contributed by atoms with Crippen molar-refractivity contribution in [2.24, 2.45) is 5.41 Å². The van der Waals surface area contributed by atoms with Gasteiger partial charge >= 0.3 is 0 Å². The molecule has 0 radical (unpaired) electrons. The SMILES string of the molecule is CCCn1ncnc1C(C)NC(=O)C1(CO)CC1. The van der Waals surface area contributed by atoms with Crippen LogP contribution in [-0.2, 0) is 11.3 Å². The number of aromatic nitrogens is 3. The van der Waals surface area contributed by atoms with E-state index < -0.39 is 5.41 Å². The molecule has 0 spiro atoms. The number of aliphatic hydroxyl groups is 1. The predicted octanol–water partition coefficient (Wildman–Crippen LogP) is 0.638. The number of hydrogen-bond acceptors (Lipinski definition) is 4. The van der Waals surface area contributed by atoms with Crippen molar-refractivity contribution in [1.82, 2.24) is 20.1 Å². The molecule has 0 bridgehead atoms. The minimum absolute atomic E-state index is 0.0762. The van der Waals surface area contributed by atoms with Crippen LogP contribution in [-0.4, -0.2) is 32.4 Å². The standard InChI is InChI=1S/C12H20N4O2/c1-3-6-16-10(13-8-14-16)9(2)15-11(18)12(7-17)4-5-12/h8-9,17H,3-7H2,1-2H3,(H,15,18). The van der Waals surface area contributed by atoms with Gasteiger partial charge in [-0.15, -0.1) is 0 Å². The van der Waals surface area contributed by atoms with E-state index in [4.69, 9.17) is 0 Å². The second-order valence-electron chi connectivity index (χ2n) is 4.97. The fraction of sp³-hybridized carbons (Fsp3) is 0.750. The van der Waals surface area contributed by atoms with Crippen LogP contribution in [0.5, 0.6) is 0 Å². The molecule has 100 valence electrons. The summed E-state index contributed by atoms with van der Waals surface area (Å²) in [5, 5.41) is 16.3. The summed E-state index contributed by atoms with van der Waals surface area (Å²) in [6, 6.07) is -0.185. The molecule has 0 aliphatic heterocycles. The third kappa shape index (κ3) is 2.38. The summed E-state index contributed by atoms with van der Waals surface area (Å²) >= 11 is 0. The third-order valence-electron chi connectivity index (χ3n) is 3.45. The summed E-state index contributed by atoms with van der Waals surface area (Å²) < 4.78 is 1.81. The molecule has 0 saturated heterocycles. The van der Waals surface area contributed by atoms with E-state index in [9.17, 15) is 9.90 Å². The lowest BCUT2D eigenvalue weighted by atomic mass is 10.1. The van der Waals surface area contributed by atoms with Gasteiger partial charge in [0.1, 0.15) is 12.2 Å². The maximum atomic E-state index is 12.0. The Morgan fingerprint density at radius 1 is 1.67 bits per heavy atom. The molecule has 1 unspecified atom stereocenters. The Hall–Kier alpha value is -1.43. The Labute approximate surface area is 106 Å². The second-order valence-corrected chi connectivity index (χ2v) is 4.97. The lowest BCUT2D eigenvalue weighted by Crippen LogP contribution is -2.36. The number of aryl methyl sites for hydroxylation is 1. The fourth-order valence-electron chi connectivity index (χ4n) is 2.01. The maximum absolute atomic E-state index is 12.0. The van der Waals surface area contributed by atoms with Gasteiger partial charge in [0.25, 0.3) is 0 Å². The van der Waals surface area contributed by atoms with Gasteiger partial charge in [-0.25, -0.2) is 9.67 Å². The van der Waals surface area contributed by atoms with Crippen molar-refractivity contribution in [3.63, 3.8) is 0 Å². The van der Waals surface area contributed by atoms with Crippen LogP contribution in [0.1, 0.15) is 45.0 Å². The summed E-state index contributed by atoms with van der Waals surface area (Å²) in [6.07, 6.45) is 4.01. The van der Waals surface area contributed by atoms with Crippen molar-refractivity contribution in [2.75, 3.05) is 6.61 Å². The molecule has 1 amide bonds. The molecule has 1 atom stereocenters. The summed E-state index contributed by atoms with van der Waals surface area (Å²) in [6.45, 7) is 4.68. The average Bonchev–Trinajstić information content (AvgIpc) is 3.03. The summed E-state index contributed by atoms with van der Waals surface area (Å²) in [5.41, 5.74) is -0.538. The summed E-state index contributed by atoms with van der Waals surface area (Å²) in [5.74, 6) is 0.683. The van der Waals surface area contributed by atoms with Crippen molar-refractivity contribution in [2.45, 2.75) is 45.7 Å². The molecule has 6 nitrogen and oxygen atoms in total. The van der Waals surface area contributed by atoms with Crippen molar-refractivity contribution in [3.05, 3.63) is 12.2 Å². The molecule has 18 heavy (non-hydrogen) atoms. The van der Waals surface area contributed by atoms with Crippen LogP contribution in [0.2, 0.25) is 0 Å². The summed E-state index contributed by atoms with van der Waals surface area (Å²) in [7, 11) is 0. The molecule has 0 aromatic carbocycles. The molecule has 2 rings (SSSR count). The Morgan fingerprint density at radius 3 is 2.94 bits per heavy atom. The molecule has 6 heteroatoms. The van der Waals surface area contributed by atoms with E-state index in [0.29, 0.717) is 0 Å². The van der Waals surface area contributed by atoms with Crippen LogP contribution < -0.4 is 5.32 Å². The van der Waals surface area contributed by atoms with Gasteiger partial charge in [-0.05, 0) is 26.2 Å². The molecule has 1 aromatic heterocycles. The number of carbonyl (C=O) groups excluding carboxylic acids is 1. The van der Waals surface area contributed by atoms with Gasteiger partial charge in [-0.3, -0.25) is 4.79 Å². The van der Waals surface area contributed by atoms with Crippen LogP contribution >= 0.6 is 0 Å². The van der Waals surface area contributed by atoms with E-state index in [-0.39, 0.29) is 18.6 Å². The summed E-state index contributed by atoms with van der Waals surface area (Å²) in [4.78, 5) is 16.2. The molecular formula is C12H20N4O2. The Bertz CT molecular complexity index is 425. The number of amides is 1. The number of carbonyl (C=O) groups is 1. The largest absolute Gasteiger partial charge is 0.395 e. The predicted molar refractivity (Wildman–Crippen MR) is 65.6 cm³/mol. The molecule has 1 fully saturated rings. The van der Waals surface area contributed by atoms with E-state index >= 15 is 0 Å². The van der Waals surface area contributed by atoms with Gasteiger partial charge in [-0.2, -0.15) is 5.10 Å². The van der Waals surface area contributed by atoms with Crippen molar-refractivity contribution in [3.8, 4) is 0 Å². The molecule has 1 heterocycles. The number of hydrogen-bond donors (Lipinski definition) is 2. The van der Waals surface area contributed by atoms with Gasteiger partial charge in [-0.1, -0.05) is 6.92 Å². The smallest absolute Gasteiger partial charge is 0.229 e. The minimum atomic E-state index is -0.538. The van der Waals surface area contributed by atoms with E-state index in [1.54, 1.807) is 0 Å². The van der Waals surface area contributed by atoms with Crippen LogP contribution in [0.15, 0.2) is 6.33 Å². The lowest BCUT2D eigenvalue weighted by Gasteiger charge is -2.18. The highest BCUT2D eigenvalue weighted by molar-refractivity contribution is 5.85. The Balaban J connectivity index is 2.01. The first-order chi connectivity index (χ1) is 8.63. The first-order valence-electron chi connectivity index (χ1n) is 6.42. The highest BCUT2D eigenvalue weighted by Crippen LogP contribution is 2.45. The monoisotopic (exact) mass is 252 g/mol. The van der Waals surface area contributed by atoms with Crippen LogP contribution in [0.3, 0.4) is 0 Å². The molecular weight excluding hydrogens is 232 g/mol. The van der Waals surface area contributed by atoms with E-state index in [1.165, 1.54) is 6.33 Å². The third-order valence-corrected chi connectivity index (χ3v) is 3.45. The number of nitrogens with zero attached hydrogens (tertiary/aromatic N) is 3. The topological polar surface area (TPSA) is 80.0 Å². The van der Waals surface area contributed by atoms with Gasteiger partial charge in [0, 0.05) is 6.54 Å². The zero-order valence-corrected chi connectivity index (χ0v) is 10.9. The second kappa shape index (κ2) is 5.06. The van der Waals surface area contributed by atoms with E-state index in [1.807, 2.05) is 11.6 Å². The number of nitrogens with one attached hydrogen (secondary N) is 1. The first kappa shape index (κ1) is 13.0. The Kier molecular flexibility index (Phi) is 3.65. The quantitative estimate of drug-likeness (QED) is 0.778. The van der Waals surface area contributed by atoms with Gasteiger partial charge in [0.15, 0.2) is 0 Å². The number of rotatable bonds is 6. The zero-order chi connectivity index (χ0) is 13.2. The first-order valence-corrected chi connectivity index (χ1v) is 6.42. The molecule has 1 saturated carbocycles. The molecule has 2 N–H and O–H groups in total. The lowest BCUT2D eigenvalue weighted by molar-refractivity contribution is -0.128. The highest BCUT2D eigenvalue weighted by Gasteiger charge is 2.49.